The van der Waals surface area contributed by atoms with Crippen molar-refractivity contribution in [2.24, 2.45) is 5.92 Å². The highest BCUT2D eigenvalue weighted by molar-refractivity contribution is 7.89. The van der Waals surface area contributed by atoms with Crippen molar-refractivity contribution in [1.82, 2.24) is 14.1 Å². The van der Waals surface area contributed by atoms with Gasteiger partial charge in [0.15, 0.2) is 0 Å². The largest absolute Gasteiger partial charge is 0.340 e. The van der Waals surface area contributed by atoms with Crippen LogP contribution in [0.1, 0.15) is 45.1 Å². The van der Waals surface area contributed by atoms with Crippen LogP contribution in [-0.4, -0.2) is 73.7 Å². The Bertz CT molecular complexity index is 808. The lowest BCUT2D eigenvalue weighted by Crippen LogP contribution is -2.52. The van der Waals surface area contributed by atoms with E-state index in [9.17, 15) is 13.2 Å². The third kappa shape index (κ3) is 4.84. The molecule has 1 aromatic rings. The minimum atomic E-state index is -3.51. The van der Waals surface area contributed by atoms with Crippen LogP contribution < -0.4 is 0 Å². The van der Waals surface area contributed by atoms with E-state index < -0.39 is 10.0 Å². The van der Waals surface area contributed by atoms with Crippen LogP contribution in [0.4, 0.5) is 0 Å². The molecule has 6 nitrogen and oxygen atoms in total. The normalized spacial score (nSPS) is 24.3. The van der Waals surface area contributed by atoms with E-state index in [1.165, 1.54) is 4.31 Å². The Morgan fingerprint density at radius 1 is 1.03 bits per heavy atom. The van der Waals surface area contributed by atoms with Crippen molar-refractivity contribution in [2.75, 3.05) is 33.2 Å². The molecule has 2 fully saturated rings. The van der Waals surface area contributed by atoms with Crippen LogP contribution in [0.3, 0.4) is 0 Å². The Hall–Kier alpha value is -1.44. The van der Waals surface area contributed by atoms with E-state index in [2.05, 4.69) is 18.7 Å². The zero-order chi connectivity index (χ0) is 21.2. The van der Waals surface area contributed by atoms with Crippen LogP contribution in [0.5, 0.6) is 0 Å². The lowest BCUT2D eigenvalue weighted by atomic mass is 9.85. The predicted octanol–water partition coefficient (Wildman–Crippen LogP) is 2.73. The van der Waals surface area contributed by atoms with E-state index >= 15 is 0 Å². The van der Waals surface area contributed by atoms with E-state index in [4.69, 9.17) is 0 Å². The number of sulfonamides is 1. The van der Waals surface area contributed by atoms with E-state index in [1.807, 2.05) is 24.0 Å². The molecule has 0 bridgehead atoms. The van der Waals surface area contributed by atoms with E-state index in [1.54, 1.807) is 19.2 Å². The molecule has 0 unspecified atom stereocenters. The minimum absolute atomic E-state index is 0.0337. The molecule has 1 aliphatic carbocycles. The molecule has 29 heavy (non-hydrogen) atoms. The third-order valence-electron chi connectivity index (χ3n) is 6.67. The first-order valence-electron chi connectivity index (χ1n) is 10.8. The number of nitrogens with zero attached hydrogens (tertiary/aromatic N) is 3. The molecule has 1 aliphatic heterocycles. The number of carbonyl (C=O) groups excluding carboxylic acids is 1. The van der Waals surface area contributed by atoms with Gasteiger partial charge in [-0.15, -0.1) is 0 Å². The van der Waals surface area contributed by atoms with Gasteiger partial charge in [-0.3, -0.25) is 9.69 Å². The average Bonchev–Trinajstić information content (AvgIpc) is 2.73. The van der Waals surface area contributed by atoms with Crippen molar-refractivity contribution in [2.45, 2.75) is 63.4 Å². The summed E-state index contributed by atoms with van der Waals surface area (Å²) in [6, 6.07) is 7.60. The molecule has 162 valence electrons. The van der Waals surface area contributed by atoms with Gasteiger partial charge in [-0.05, 0) is 58.1 Å². The lowest BCUT2D eigenvalue weighted by Gasteiger charge is -2.40. The van der Waals surface area contributed by atoms with Crippen LogP contribution in [0.25, 0.3) is 0 Å². The van der Waals surface area contributed by atoms with E-state index in [0.29, 0.717) is 10.9 Å². The molecule has 0 aromatic heterocycles. The lowest BCUT2D eigenvalue weighted by molar-refractivity contribution is -0.138. The molecular weight excluding hydrogens is 386 g/mol. The standard InChI is InChI=1S/C22H35N3O3S/c1-17(2)24-13-15-25(16-14-24)22(26)19-9-11-20(12-10-19)23(4)29(27,28)21-8-6-5-7-18(21)3/h5-8,17,19-20H,9-16H2,1-4H3/t19-,20-. The Morgan fingerprint density at radius 3 is 2.17 bits per heavy atom. The van der Waals surface area contributed by atoms with Crippen molar-refractivity contribution in [3.05, 3.63) is 29.8 Å². The van der Waals surface area contributed by atoms with Crippen molar-refractivity contribution >= 4 is 15.9 Å². The summed E-state index contributed by atoms with van der Waals surface area (Å²) in [5.41, 5.74) is 0.767. The third-order valence-corrected chi connectivity index (χ3v) is 8.74. The maximum Gasteiger partial charge on any atom is 0.243 e. The first-order chi connectivity index (χ1) is 13.7. The van der Waals surface area contributed by atoms with Gasteiger partial charge in [-0.1, -0.05) is 18.2 Å². The number of rotatable bonds is 5. The van der Waals surface area contributed by atoms with Gasteiger partial charge in [0.25, 0.3) is 0 Å². The van der Waals surface area contributed by atoms with Crippen LogP contribution in [-0.2, 0) is 14.8 Å². The second-order valence-corrected chi connectivity index (χ2v) is 10.7. The van der Waals surface area contributed by atoms with Gasteiger partial charge < -0.3 is 4.90 Å². The Morgan fingerprint density at radius 2 is 1.62 bits per heavy atom. The second kappa shape index (κ2) is 9.14. The fraction of sp³-hybridized carbons (Fsp3) is 0.682. The minimum Gasteiger partial charge on any atom is -0.340 e. The highest BCUT2D eigenvalue weighted by Crippen LogP contribution is 2.32. The average molecular weight is 422 g/mol. The van der Waals surface area contributed by atoms with Gasteiger partial charge in [0, 0.05) is 51.2 Å². The molecule has 0 atom stereocenters. The van der Waals surface area contributed by atoms with E-state index in [-0.39, 0.29) is 17.9 Å². The van der Waals surface area contributed by atoms with Crippen LogP contribution in [0, 0.1) is 12.8 Å². The smallest absolute Gasteiger partial charge is 0.243 e. The molecule has 1 heterocycles. The molecule has 2 aliphatic rings. The first-order valence-corrected chi connectivity index (χ1v) is 12.2. The molecule has 1 saturated carbocycles. The maximum absolute atomic E-state index is 13.0. The predicted molar refractivity (Wildman–Crippen MR) is 115 cm³/mol. The number of carbonyl (C=O) groups is 1. The zero-order valence-electron chi connectivity index (χ0n) is 18.2. The number of piperazine rings is 1. The maximum atomic E-state index is 13.0. The summed E-state index contributed by atoms with van der Waals surface area (Å²) in [5.74, 6) is 0.294. The highest BCUT2D eigenvalue weighted by atomic mass is 32.2. The summed E-state index contributed by atoms with van der Waals surface area (Å²) in [5, 5.41) is 0. The fourth-order valence-electron chi connectivity index (χ4n) is 4.60. The summed E-state index contributed by atoms with van der Waals surface area (Å²) < 4.78 is 27.6. The van der Waals surface area contributed by atoms with Gasteiger partial charge in [-0.25, -0.2) is 8.42 Å². The molecule has 0 spiro atoms. The van der Waals surface area contributed by atoms with Gasteiger partial charge in [0.05, 0.1) is 4.90 Å². The number of hydrogen-bond acceptors (Lipinski definition) is 4. The number of aryl methyl sites for hydroxylation is 1. The molecular formula is C22H35N3O3S. The second-order valence-electron chi connectivity index (χ2n) is 8.75. The van der Waals surface area contributed by atoms with Crippen LogP contribution in [0.15, 0.2) is 29.2 Å². The SMILES string of the molecule is Cc1ccccc1S(=O)(=O)N(C)[C@H]1CC[C@H](C(=O)N2CCN(C(C)C)CC2)CC1. The van der Waals surface area contributed by atoms with Gasteiger partial charge in [0.1, 0.15) is 0 Å². The van der Waals surface area contributed by atoms with E-state index in [0.717, 1.165) is 57.4 Å². The molecule has 0 N–H and O–H groups in total. The summed E-state index contributed by atoms with van der Waals surface area (Å²) in [6.45, 7) is 9.71. The Balaban J connectivity index is 1.56. The molecule has 1 amide bonds. The Kier molecular flexibility index (Phi) is 7.02. The van der Waals surface area contributed by atoms with Crippen molar-refractivity contribution < 1.29 is 13.2 Å². The molecule has 1 aromatic carbocycles. The topological polar surface area (TPSA) is 60.9 Å². The van der Waals surface area contributed by atoms with Gasteiger partial charge >= 0.3 is 0 Å². The van der Waals surface area contributed by atoms with Gasteiger partial charge in [-0.2, -0.15) is 4.31 Å². The monoisotopic (exact) mass is 421 g/mol. The summed E-state index contributed by atoms with van der Waals surface area (Å²) in [6.07, 6.45) is 3.01. The van der Waals surface area contributed by atoms with Crippen LogP contribution >= 0.6 is 0 Å². The van der Waals surface area contributed by atoms with Crippen LogP contribution in [0.2, 0.25) is 0 Å². The number of benzene rings is 1. The number of amides is 1. The summed E-state index contributed by atoms with van der Waals surface area (Å²) >= 11 is 0. The van der Waals surface area contributed by atoms with Crippen molar-refractivity contribution in [3.63, 3.8) is 0 Å². The highest BCUT2D eigenvalue weighted by Gasteiger charge is 2.36. The summed E-state index contributed by atoms with van der Waals surface area (Å²) in [7, 11) is -1.83. The molecule has 3 rings (SSSR count). The fourth-order valence-corrected chi connectivity index (χ4v) is 6.24. The van der Waals surface area contributed by atoms with Gasteiger partial charge in [0.2, 0.25) is 15.9 Å². The van der Waals surface area contributed by atoms with Crippen molar-refractivity contribution in [3.8, 4) is 0 Å². The molecule has 0 radical (unpaired) electrons. The molecule has 1 saturated heterocycles. The summed E-state index contributed by atoms with van der Waals surface area (Å²) in [4.78, 5) is 17.7. The Labute approximate surface area is 175 Å². The quantitative estimate of drug-likeness (QED) is 0.733. The zero-order valence-corrected chi connectivity index (χ0v) is 19.0. The first kappa shape index (κ1) is 22.2. The van der Waals surface area contributed by atoms with Crippen molar-refractivity contribution in [1.29, 1.82) is 0 Å². The number of hydrogen-bond donors (Lipinski definition) is 0. The molecule has 7 heteroatoms.